The van der Waals surface area contributed by atoms with Gasteiger partial charge in [-0.1, -0.05) is 17.7 Å². The first-order chi connectivity index (χ1) is 14.0. The molecule has 0 aliphatic carbocycles. The smallest absolute Gasteiger partial charge is 0.141 e. The average molecular weight is 406 g/mol. The fourth-order valence-corrected chi connectivity index (χ4v) is 3.88. The summed E-state index contributed by atoms with van der Waals surface area (Å²) in [5.41, 5.74) is 11.4. The van der Waals surface area contributed by atoms with Crippen molar-refractivity contribution in [3.8, 4) is 11.1 Å². The maximum Gasteiger partial charge on any atom is 0.141 e. The van der Waals surface area contributed by atoms with Crippen molar-refractivity contribution in [2.45, 2.75) is 0 Å². The molecular weight excluding hydrogens is 389 g/mol. The highest BCUT2D eigenvalue weighted by atomic mass is 35.5. The molecule has 0 amide bonds. The molecule has 7 heteroatoms. The van der Waals surface area contributed by atoms with Gasteiger partial charge >= 0.3 is 0 Å². The molecule has 2 N–H and O–H groups in total. The summed E-state index contributed by atoms with van der Waals surface area (Å²) >= 11 is 6.05. The first kappa shape index (κ1) is 17.7. The zero-order chi connectivity index (χ0) is 20.1. The van der Waals surface area contributed by atoms with Gasteiger partial charge in [0.1, 0.15) is 11.6 Å². The summed E-state index contributed by atoms with van der Waals surface area (Å²) in [5.74, 6) is 0.0546. The first-order valence-corrected chi connectivity index (χ1v) is 9.47. The minimum atomic E-state index is -0.430. The largest absolute Gasteiger partial charge is 0.384 e. The fraction of sp³-hybridized carbons (Fsp3) is 0.0909. The minimum absolute atomic E-state index is 0.102. The Morgan fingerprint density at radius 3 is 2.59 bits per heavy atom. The van der Waals surface area contributed by atoms with Crippen molar-refractivity contribution in [3.63, 3.8) is 0 Å². The van der Waals surface area contributed by atoms with Crippen molar-refractivity contribution < 1.29 is 4.39 Å². The van der Waals surface area contributed by atoms with E-state index in [1.165, 1.54) is 6.07 Å². The number of nitrogens with zero attached hydrogens (tertiary/aromatic N) is 4. The highest BCUT2D eigenvalue weighted by Gasteiger charge is 2.28. The molecule has 0 fully saturated rings. The minimum Gasteiger partial charge on any atom is -0.384 e. The maximum absolute atomic E-state index is 13.7. The molecule has 0 saturated heterocycles. The highest BCUT2D eigenvalue weighted by molar-refractivity contribution is 6.31. The van der Waals surface area contributed by atoms with E-state index in [-0.39, 0.29) is 5.02 Å². The standard InChI is InChI=1S/C22H17ClFN5/c1-28-12-29(15-4-5-18(24)17(23)9-15)22-16-8-13(14-3-7-21(25)27-10-14)2-6-19(16)26-11-20(22)28/h2-11H,12H2,1H3,(H2,25,27). The predicted molar refractivity (Wildman–Crippen MR) is 116 cm³/mol. The number of benzene rings is 2. The topological polar surface area (TPSA) is 58.3 Å². The van der Waals surface area contributed by atoms with E-state index < -0.39 is 5.82 Å². The van der Waals surface area contributed by atoms with Crippen LogP contribution in [-0.4, -0.2) is 23.7 Å². The van der Waals surface area contributed by atoms with Crippen LogP contribution in [-0.2, 0) is 0 Å². The van der Waals surface area contributed by atoms with E-state index in [1.807, 2.05) is 31.4 Å². The number of hydrogen-bond donors (Lipinski definition) is 1. The van der Waals surface area contributed by atoms with E-state index in [4.69, 9.17) is 17.3 Å². The van der Waals surface area contributed by atoms with Crippen LogP contribution in [0.3, 0.4) is 0 Å². The van der Waals surface area contributed by atoms with Crippen molar-refractivity contribution in [2.75, 3.05) is 29.2 Å². The molecule has 0 saturated carbocycles. The van der Waals surface area contributed by atoms with Crippen LogP contribution in [0, 0.1) is 5.82 Å². The monoisotopic (exact) mass is 405 g/mol. The van der Waals surface area contributed by atoms with Gasteiger partial charge in [-0.25, -0.2) is 9.37 Å². The Morgan fingerprint density at radius 2 is 1.83 bits per heavy atom. The molecule has 5 rings (SSSR count). The van der Waals surface area contributed by atoms with Crippen LogP contribution in [0.15, 0.2) is 60.9 Å². The van der Waals surface area contributed by atoms with Gasteiger partial charge in [-0.05, 0) is 48.0 Å². The van der Waals surface area contributed by atoms with Crippen LogP contribution in [0.25, 0.3) is 22.0 Å². The second-order valence-corrected chi connectivity index (χ2v) is 7.47. The number of fused-ring (bicyclic) bond motifs is 3. The molecule has 0 atom stereocenters. The number of pyridine rings is 2. The fourth-order valence-electron chi connectivity index (χ4n) is 3.71. The predicted octanol–water partition coefficient (Wildman–Crippen LogP) is 5.22. The van der Waals surface area contributed by atoms with Crippen LogP contribution < -0.4 is 15.5 Å². The Hall–Kier alpha value is -3.38. The van der Waals surface area contributed by atoms with Gasteiger partial charge in [0, 0.05) is 29.9 Å². The molecule has 3 heterocycles. The molecule has 4 aromatic rings. The first-order valence-electron chi connectivity index (χ1n) is 9.09. The molecule has 0 bridgehead atoms. The SMILES string of the molecule is CN1CN(c2ccc(F)c(Cl)c2)c2c1cnc1ccc(-c3ccc(N)nc3)cc21. The quantitative estimate of drug-likeness (QED) is 0.495. The van der Waals surface area contributed by atoms with Gasteiger partial charge in [0.25, 0.3) is 0 Å². The number of nitrogen functional groups attached to an aromatic ring is 1. The van der Waals surface area contributed by atoms with E-state index in [2.05, 4.69) is 25.8 Å². The third kappa shape index (κ3) is 2.93. The third-order valence-electron chi connectivity index (χ3n) is 5.19. The molecule has 0 unspecified atom stereocenters. The van der Waals surface area contributed by atoms with Gasteiger partial charge in [0.2, 0.25) is 0 Å². The lowest BCUT2D eigenvalue weighted by atomic mass is 10.0. The molecule has 2 aromatic heterocycles. The van der Waals surface area contributed by atoms with Gasteiger partial charge in [-0.2, -0.15) is 0 Å². The van der Waals surface area contributed by atoms with E-state index >= 15 is 0 Å². The lowest BCUT2D eigenvalue weighted by molar-refractivity contribution is 0.628. The average Bonchev–Trinajstić information content (AvgIpc) is 3.07. The summed E-state index contributed by atoms with van der Waals surface area (Å²) in [6.07, 6.45) is 3.63. The second kappa shape index (κ2) is 6.60. The number of hydrogen-bond acceptors (Lipinski definition) is 5. The van der Waals surface area contributed by atoms with Crippen LogP contribution in [0.1, 0.15) is 0 Å². The zero-order valence-corrected chi connectivity index (χ0v) is 16.4. The number of rotatable bonds is 2. The Bertz CT molecular complexity index is 1240. The summed E-state index contributed by atoms with van der Waals surface area (Å²) in [6.45, 7) is 0.617. The molecule has 1 aliphatic rings. The van der Waals surface area contributed by atoms with Crippen molar-refractivity contribution >= 4 is 45.4 Å². The summed E-state index contributed by atoms with van der Waals surface area (Å²) in [4.78, 5) is 13.0. The Kier molecular flexibility index (Phi) is 4.03. The molecule has 29 heavy (non-hydrogen) atoms. The van der Waals surface area contributed by atoms with E-state index in [0.717, 1.165) is 39.1 Å². The van der Waals surface area contributed by atoms with Crippen LogP contribution in [0.4, 0.5) is 27.3 Å². The molecule has 144 valence electrons. The van der Waals surface area contributed by atoms with Crippen LogP contribution in [0.5, 0.6) is 0 Å². The number of nitrogens with two attached hydrogens (primary N) is 1. The molecule has 0 radical (unpaired) electrons. The highest BCUT2D eigenvalue weighted by Crippen LogP contribution is 2.45. The number of anilines is 4. The summed E-state index contributed by atoms with van der Waals surface area (Å²) in [6, 6.07) is 14.6. The van der Waals surface area contributed by atoms with Gasteiger partial charge in [-0.15, -0.1) is 0 Å². The van der Waals surface area contributed by atoms with Crippen LogP contribution >= 0.6 is 11.6 Å². The molecular formula is C22H17ClFN5. The number of halogens is 2. The Morgan fingerprint density at radius 1 is 1.00 bits per heavy atom. The van der Waals surface area contributed by atoms with Crippen molar-refractivity contribution in [2.24, 2.45) is 0 Å². The Balaban J connectivity index is 1.71. The summed E-state index contributed by atoms with van der Waals surface area (Å²) in [5, 5.41) is 1.10. The number of aromatic nitrogens is 2. The van der Waals surface area contributed by atoms with Crippen molar-refractivity contribution in [3.05, 3.63) is 71.8 Å². The van der Waals surface area contributed by atoms with E-state index in [0.29, 0.717) is 12.5 Å². The second-order valence-electron chi connectivity index (χ2n) is 7.06. The van der Waals surface area contributed by atoms with E-state index in [9.17, 15) is 4.39 Å². The van der Waals surface area contributed by atoms with Crippen molar-refractivity contribution in [1.29, 1.82) is 0 Å². The zero-order valence-electron chi connectivity index (χ0n) is 15.6. The third-order valence-corrected chi connectivity index (χ3v) is 5.48. The van der Waals surface area contributed by atoms with E-state index in [1.54, 1.807) is 24.4 Å². The van der Waals surface area contributed by atoms with Gasteiger partial charge in [-0.3, -0.25) is 4.98 Å². The molecule has 1 aliphatic heterocycles. The van der Waals surface area contributed by atoms with Gasteiger partial charge < -0.3 is 15.5 Å². The summed E-state index contributed by atoms with van der Waals surface area (Å²) in [7, 11) is 2.01. The van der Waals surface area contributed by atoms with Crippen molar-refractivity contribution in [1.82, 2.24) is 9.97 Å². The van der Waals surface area contributed by atoms with Gasteiger partial charge in [0.05, 0.1) is 34.8 Å². The summed E-state index contributed by atoms with van der Waals surface area (Å²) < 4.78 is 13.7. The molecule has 0 spiro atoms. The lowest BCUT2D eigenvalue weighted by Crippen LogP contribution is -2.24. The maximum atomic E-state index is 13.7. The molecule has 2 aromatic carbocycles. The molecule has 5 nitrogen and oxygen atoms in total. The Labute approximate surface area is 172 Å². The van der Waals surface area contributed by atoms with Gasteiger partial charge in [0.15, 0.2) is 0 Å². The van der Waals surface area contributed by atoms with Crippen LogP contribution in [0.2, 0.25) is 5.02 Å². The lowest BCUT2D eigenvalue weighted by Gasteiger charge is -2.21. The normalized spacial score (nSPS) is 13.2.